The normalized spacial score (nSPS) is 12.5. The van der Waals surface area contributed by atoms with Crippen LogP contribution in [-0.4, -0.2) is 27.6 Å². The van der Waals surface area contributed by atoms with E-state index in [0.29, 0.717) is 6.10 Å². The number of unbranched alkanes of at least 4 members (excludes halogenated alkanes) is 9. The van der Waals surface area contributed by atoms with E-state index in [1.54, 1.807) is 0 Å². The van der Waals surface area contributed by atoms with Gasteiger partial charge in [-0.25, -0.2) is 0 Å². The summed E-state index contributed by atoms with van der Waals surface area (Å²) in [7, 11) is 0. The molecule has 1 unspecified atom stereocenters. The molecule has 0 aliphatic rings. The molecule has 19 heavy (non-hydrogen) atoms. The van der Waals surface area contributed by atoms with E-state index in [1.807, 2.05) is 0 Å². The fraction of sp³-hybridized carbons (Fsp3) is 1.00. The van der Waals surface area contributed by atoms with Crippen LogP contribution in [0.15, 0.2) is 0 Å². The van der Waals surface area contributed by atoms with Crippen LogP contribution in [0.3, 0.4) is 0 Å². The first kappa shape index (κ1) is 19.6. The van der Waals surface area contributed by atoms with Crippen LogP contribution in [0.25, 0.3) is 0 Å². The monoisotopic (exact) mass is 377 g/mol. The summed E-state index contributed by atoms with van der Waals surface area (Å²) in [5.41, 5.74) is 0. The van der Waals surface area contributed by atoms with Crippen molar-refractivity contribution in [2.45, 2.75) is 103 Å². The van der Waals surface area contributed by atoms with E-state index in [4.69, 9.17) is 3.07 Å². The van der Waals surface area contributed by atoms with Crippen LogP contribution in [0.5, 0.6) is 0 Å². The average Bonchev–Trinajstić information content (AvgIpc) is 2.42. The molecule has 0 heterocycles. The topological polar surface area (TPSA) is 26.3 Å². The fourth-order valence-corrected chi connectivity index (χ4v) is 3.52. The number of rotatable bonds is 15. The molecule has 0 aliphatic carbocycles. The Morgan fingerprint density at radius 2 is 1.16 bits per heavy atom. The van der Waals surface area contributed by atoms with Crippen LogP contribution >= 0.6 is 0 Å². The molecule has 0 rings (SSSR count). The molecule has 0 N–H and O–H groups in total. The van der Waals surface area contributed by atoms with Gasteiger partial charge < -0.3 is 0 Å². The van der Waals surface area contributed by atoms with Crippen molar-refractivity contribution >= 4 is 21.5 Å². The number of hydrogen-bond acceptors (Lipinski definition) is 2. The molecular formula is C16H33O2Sn. The molecule has 3 heteroatoms. The third-order valence-corrected chi connectivity index (χ3v) is 4.95. The first-order valence-corrected chi connectivity index (χ1v) is 10.7. The SMILES string of the molecule is CCCCCCCCC(CCCCCCC)[O][Sn]=[O]. The van der Waals surface area contributed by atoms with Gasteiger partial charge in [0.2, 0.25) is 0 Å². The van der Waals surface area contributed by atoms with Crippen molar-refractivity contribution in [3.63, 3.8) is 0 Å². The van der Waals surface area contributed by atoms with Crippen LogP contribution in [0.4, 0.5) is 0 Å². The second-order valence-corrected chi connectivity index (χ2v) is 6.73. The summed E-state index contributed by atoms with van der Waals surface area (Å²) in [6.45, 7) is 4.50. The summed E-state index contributed by atoms with van der Waals surface area (Å²) >= 11 is -1.72. The molecule has 0 saturated carbocycles. The van der Waals surface area contributed by atoms with Crippen molar-refractivity contribution < 1.29 is 6.15 Å². The van der Waals surface area contributed by atoms with Crippen molar-refractivity contribution in [1.29, 1.82) is 0 Å². The summed E-state index contributed by atoms with van der Waals surface area (Å²) in [5.74, 6) is 0. The molecule has 0 aliphatic heterocycles. The zero-order valence-electron chi connectivity index (χ0n) is 13.1. The Kier molecular flexibility index (Phi) is 17.1. The first-order chi connectivity index (χ1) is 9.35. The minimum absolute atomic E-state index is 0.303. The first-order valence-electron chi connectivity index (χ1n) is 8.37. The maximum absolute atomic E-state index is 10.8. The van der Waals surface area contributed by atoms with Crippen LogP contribution < -0.4 is 0 Å². The van der Waals surface area contributed by atoms with Crippen LogP contribution in [0.2, 0.25) is 0 Å². The Balaban J connectivity index is 3.47. The molecule has 1 radical (unpaired) electrons. The summed E-state index contributed by atoms with van der Waals surface area (Å²) < 4.78 is 16.3. The minimum atomic E-state index is -1.72. The van der Waals surface area contributed by atoms with Crippen molar-refractivity contribution in [3.8, 4) is 0 Å². The fourth-order valence-electron chi connectivity index (χ4n) is 2.46. The number of hydrogen-bond donors (Lipinski definition) is 0. The second-order valence-electron chi connectivity index (χ2n) is 5.58. The van der Waals surface area contributed by atoms with E-state index < -0.39 is 21.5 Å². The van der Waals surface area contributed by atoms with E-state index in [0.717, 1.165) is 12.8 Å². The molecule has 1 atom stereocenters. The van der Waals surface area contributed by atoms with Crippen molar-refractivity contribution in [2.75, 3.05) is 0 Å². The molecule has 0 amide bonds. The van der Waals surface area contributed by atoms with Crippen LogP contribution in [0.1, 0.15) is 97.3 Å². The average molecular weight is 376 g/mol. The Labute approximate surface area is 131 Å². The Bertz CT molecular complexity index is 186. The van der Waals surface area contributed by atoms with Gasteiger partial charge in [-0.05, 0) is 0 Å². The molecule has 0 aromatic heterocycles. The Morgan fingerprint density at radius 3 is 1.58 bits per heavy atom. The van der Waals surface area contributed by atoms with E-state index in [2.05, 4.69) is 13.8 Å². The molecule has 0 aromatic carbocycles. The molecular weight excluding hydrogens is 343 g/mol. The Morgan fingerprint density at radius 1 is 0.737 bits per heavy atom. The van der Waals surface area contributed by atoms with E-state index in [1.165, 1.54) is 70.6 Å². The van der Waals surface area contributed by atoms with Crippen molar-refractivity contribution in [3.05, 3.63) is 0 Å². The van der Waals surface area contributed by atoms with E-state index in [9.17, 15) is 3.08 Å². The van der Waals surface area contributed by atoms with Gasteiger partial charge in [-0.1, -0.05) is 0 Å². The van der Waals surface area contributed by atoms with Crippen LogP contribution in [0, 0.1) is 0 Å². The zero-order chi connectivity index (χ0) is 14.2. The third kappa shape index (κ3) is 14.8. The van der Waals surface area contributed by atoms with Gasteiger partial charge in [-0.2, -0.15) is 0 Å². The molecule has 2 nitrogen and oxygen atoms in total. The summed E-state index contributed by atoms with van der Waals surface area (Å²) in [5, 5.41) is 0. The quantitative estimate of drug-likeness (QED) is 0.281. The standard InChI is InChI=1S/C16H33O.O.Sn/c1-3-5-7-9-11-13-15-16(17)14-12-10-8-6-4-2;;/h16H,3-15H2,1-2H3;;/q-1;;+1. The van der Waals surface area contributed by atoms with E-state index >= 15 is 0 Å². The second kappa shape index (κ2) is 16.6. The summed E-state index contributed by atoms with van der Waals surface area (Å²) in [4.78, 5) is 0. The van der Waals surface area contributed by atoms with Gasteiger partial charge in [-0.15, -0.1) is 0 Å². The molecule has 113 valence electrons. The molecule has 0 saturated heterocycles. The van der Waals surface area contributed by atoms with Crippen LogP contribution in [-0.2, 0) is 6.15 Å². The zero-order valence-corrected chi connectivity index (χ0v) is 15.9. The van der Waals surface area contributed by atoms with Gasteiger partial charge in [0.15, 0.2) is 0 Å². The van der Waals surface area contributed by atoms with E-state index in [-0.39, 0.29) is 0 Å². The summed E-state index contributed by atoms with van der Waals surface area (Å²) in [6, 6.07) is 0. The third-order valence-electron chi connectivity index (χ3n) is 3.72. The molecule has 0 bridgehead atoms. The predicted octanol–water partition coefficient (Wildman–Crippen LogP) is 5.45. The van der Waals surface area contributed by atoms with Gasteiger partial charge in [0.25, 0.3) is 0 Å². The predicted molar refractivity (Wildman–Crippen MR) is 82.7 cm³/mol. The van der Waals surface area contributed by atoms with Gasteiger partial charge in [0, 0.05) is 0 Å². The van der Waals surface area contributed by atoms with Gasteiger partial charge in [-0.3, -0.25) is 0 Å². The summed E-state index contributed by atoms with van der Waals surface area (Å²) in [6.07, 6.45) is 17.1. The van der Waals surface area contributed by atoms with Crippen molar-refractivity contribution in [1.82, 2.24) is 0 Å². The molecule has 0 spiro atoms. The van der Waals surface area contributed by atoms with Gasteiger partial charge in [0.1, 0.15) is 0 Å². The Hall–Kier alpha value is 0.559. The van der Waals surface area contributed by atoms with Gasteiger partial charge in [0.05, 0.1) is 0 Å². The van der Waals surface area contributed by atoms with Crippen molar-refractivity contribution in [2.24, 2.45) is 0 Å². The van der Waals surface area contributed by atoms with Gasteiger partial charge >= 0.3 is 131 Å². The molecule has 0 fully saturated rings. The maximum atomic E-state index is 10.8. The molecule has 0 aromatic rings.